The summed E-state index contributed by atoms with van der Waals surface area (Å²) in [5, 5.41) is 40.6. The van der Waals surface area contributed by atoms with Crippen molar-refractivity contribution in [2.45, 2.75) is 69.3 Å². The fourth-order valence-electron chi connectivity index (χ4n) is 2.77. The first-order chi connectivity index (χ1) is 15.9. The fourth-order valence-corrected chi connectivity index (χ4v) is 2.77. The number of aliphatic hydroxyl groups is 1. The Morgan fingerprint density at radius 1 is 1.09 bits per heavy atom. The molecule has 0 aromatic heterocycles. The number of carbonyl (C=O) groups is 4. The summed E-state index contributed by atoms with van der Waals surface area (Å²) >= 11 is 0. The van der Waals surface area contributed by atoms with E-state index in [4.69, 9.17) is 37.9 Å². The highest BCUT2D eigenvalue weighted by molar-refractivity contribution is 5.90. The van der Waals surface area contributed by atoms with Crippen molar-refractivity contribution >= 4 is 29.8 Å². The van der Waals surface area contributed by atoms with E-state index in [2.05, 4.69) is 20.7 Å². The summed E-state index contributed by atoms with van der Waals surface area (Å²) in [7, 11) is 0. The zero-order valence-corrected chi connectivity index (χ0v) is 19.2. The minimum Gasteiger partial charge on any atom is -0.480 e. The summed E-state index contributed by atoms with van der Waals surface area (Å²) in [6, 6.07) is -2.75. The van der Waals surface area contributed by atoms with E-state index in [1.807, 2.05) is 0 Å². The molecule has 2 heterocycles. The number of hydrogen-bond donors (Lipinski definition) is 10. The van der Waals surface area contributed by atoms with E-state index in [1.54, 1.807) is 0 Å². The van der Waals surface area contributed by atoms with Crippen molar-refractivity contribution in [1.29, 1.82) is 5.41 Å². The largest absolute Gasteiger partial charge is 0.480 e. The predicted molar refractivity (Wildman–Crippen MR) is 121 cm³/mol. The van der Waals surface area contributed by atoms with Crippen LogP contribution in [-0.2, 0) is 23.9 Å². The number of ether oxygens (including phenoxy) is 1. The van der Waals surface area contributed by atoms with Gasteiger partial charge in [0.2, 0.25) is 0 Å². The van der Waals surface area contributed by atoms with Crippen LogP contribution >= 0.6 is 0 Å². The monoisotopic (exact) mass is 491 g/mol. The molecule has 0 saturated carbocycles. The van der Waals surface area contributed by atoms with E-state index in [1.165, 1.54) is 6.92 Å². The van der Waals surface area contributed by atoms with E-state index in [0.717, 1.165) is 19.4 Å². The second-order valence-corrected chi connectivity index (χ2v) is 7.73. The van der Waals surface area contributed by atoms with Gasteiger partial charge in [-0.2, -0.15) is 0 Å². The average Bonchev–Trinajstić information content (AvgIpc) is 3.43. The Hall–Kier alpha value is -2.85. The summed E-state index contributed by atoms with van der Waals surface area (Å²) in [5.41, 5.74) is 15.8. The molecule has 34 heavy (non-hydrogen) atoms. The normalized spacial score (nSPS) is 22.6. The Morgan fingerprint density at radius 2 is 1.74 bits per heavy atom. The number of esters is 2. The molecule has 2 aliphatic rings. The highest BCUT2D eigenvalue weighted by Crippen LogP contribution is 2.05. The number of carbonyl (C=O) groups excluding carboxylic acids is 2. The van der Waals surface area contributed by atoms with Crippen LogP contribution in [0.15, 0.2) is 0 Å². The molecule has 0 amide bonds. The predicted octanol–water partition coefficient (Wildman–Crippen LogP) is -3.39. The van der Waals surface area contributed by atoms with Gasteiger partial charge < -0.3 is 53.2 Å². The highest BCUT2D eigenvalue weighted by Gasteiger charge is 2.30. The molecular weight excluding hydrogens is 454 g/mol. The van der Waals surface area contributed by atoms with Crippen molar-refractivity contribution in [3.63, 3.8) is 0 Å². The SMILES string of the molecule is C[C@H](N)C(=O)OC(=O)[C@@H](N)CCCNC(=N)N.O=C(O)[C@@H]1CCCN1.O=C(O)[C@H]1NCCC1O. The molecule has 0 aliphatic carbocycles. The number of carboxylic acid groups (broad SMARTS) is 2. The third-order valence-electron chi connectivity index (χ3n) is 4.70. The van der Waals surface area contributed by atoms with E-state index >= 15 is 0 Å². The summed E-state index contributed by atoms with van der Waals surface area (Å²) in [6.07, 6.45) is 2.47. The topological polar surface area (TPSA) is 276 Å². The van der Waals surface area contributed by atoms with Gasteiger partial charge in [-0.1, -0.05) is 0 Å². The third-order valence-corrected chi connectivity index (χ3v) is 4.70. The number of aliphatic carboxylic acids is 2. The van der Waals surface area contributed by atoms with Gasteiger partial charge in [-0.15, -0.1) is 0 Å². The molecule has 2 aliphatic heterocycles. The van der Waals surface area contributed by atoms with Crippen LogP contribution in [-0.4, -0.2) is 95.1 Å². The van der Waals surface area contributed by atoms with Crippen LogP contribution in [0.4, 0.5) is 0 Å². The molecular formula is C19H37N7O8. The van der Waals surface area contributed by atoms with Gasteiger partial charge in [0.1, 0.15) is 24.2 Å². The Labute approximate surface area is 197 Å². The summed E-state index contributed by atoms with van der Waals surface area (Å²) in [5.74, 6) is -3.43. The lowest BCUT2D eigenvalue weighted by Gasteiger charge is -2.11. The van der Waals surface area contributed by atoms with Gasteiger partial charge in [-0.05, 0) is 52.1 Å². The summed E-state index contributed by atoms with van der Waals surface area (Å²) in [4.78, 5) is 42.6. The molecule has 1 unspecified atom stereocenters. The molecule has 15 nitrogen and oxygen atoms in total. The van der Waals surface area contributed by atoms with Gasteiger partial charge in [-0.25, -0.2) is 9.59 Å². The molecule has 13 N–H and O–H groups in total. The van der Waals surface area contributed by atoms with E-state index < -0.39 is 48.1 Å². The van der Waals surface area contributed by atoms with E-state index in [0.29, 0.717) is 32.4 Å². The average molecular weight is 492 g/mol. The molecule has 5 atom stereocenters. The molecule has 0 radical (unpaired) electrons. The second-order valence-electron chi connectivity index (χ2n) is 7.73. The van der Waals surface area contributed by atoms with Crippen molar-refractivity contribution in [3.05, 3.63) is 0 Å². The summed E-state index contributed by atoms with van der Waals surface area (Å²) in [6.45, 7) is 3.30. The second kappa shape index (κ2) is 16.7. The van der Waals surface area contributed by atoms with Crippen LogP contribution in [0, 0.1) is 5.41 Å². The molecule has 2 saturated heterocycles. The maximum absolute atomic E-state index is 11.3. The zero-order chi connectivity index (χ0) is 26.3. The van der Waals surface area contributed by atoms with Gasteiger partial charge in [0, 0.05) is 6.54 Å². The quantitative estimate of drug-likeness (QED) is 0.0521. The van der Waals surface area contributed by atoms with E-state index in [-0.39, 0.29) is 12.0 Å². The van der Waals surface area contributed by atoms with Crippen molar-refractivity contribution in [2.75, 3.05) is 19.6 Å². The van der Waals surface area contributed by atoms with Crippen LogP contribution < -0.4 is 33.2 Å². The minimum absolute atomic E-state index is 0.145. The molecule has 0 spiro atoms. The van der Waals surface area contributed by atoms with Gasteiger partial charge in [0.05, 0.1) is 6.10 Å². The Balaban J connectivity index is 0.000000531. The van der Waals surface area contributed by atoms with Crippen LogP contribution in [0.5, 0.6) is 0 Å². The molecule has 2 fully saturated rings. The standard InChI is InChI=1S/C9H19N5O3.C5H9NO3.C5H9NO2/c1-5(10)7(15)17-8(16)6(11)3-2-4-14-9(12)13;7-3-1-2-6-4(3)5(8)9;7-5(8)4-2-1-3-6-4/h5-6H,2-4,10-11H2,1H3,(H4,12,13,14);3-4,6-7H,1-2H2,(H,8,9);4,6H,1-3H2,(H,7,8)/t5-,6-;3?,4-;4-/m000/s1. The fraction of sp³-hybridized carbons (Fsp3) is 0.737. The Bertz CT molecular complexity index is 686. The molecule has 0 aromatic carbocycles. The van der Waals surface area contributed by atoms with Crippen molar-refractivity contribution in [1.82, 2.24) is 16.0 Å². The van der Waals surface area contributed by atoms with Gasteiger partial charge >= 0.3 is 23.9 Å². The smallest absolute Gasteiger partial charge is 0.330 e. The third kappa shape index (κ3) is 13.6. The van der Waals surface area contributed by atoms with Gasteiger partial charge in [-0.3, -0.25) is 15.0 Å². The Kier molecular flexibility index (Phi) is 15.3. The van der Waals surface area contributed by atoms with Crippen LogP contribution in [0.25, 0.3) is 0 Å². The van der Waals surface area contributed by atoms with Crippen molar-refractivity contribution in [2.24, 2.45) is 17.2 Å². The molecule has 196 valence electrons. The molecule has 0 aromatic rings. The summed E-state index contributed by atoms with van der Waals surface area (Å²) < 4.78 is 4.44. The number of nitrogens with two attached hydrogens (primary N) is 3. The lowest BCUT2D eigenvalue weighted by atomic mass is 10.2. The number of carboxylic acids is 2. The van der Waals surface area contributed by atoms with Crippen molar-refractivity contribution < 1.29 is 39.2 Å². The minimum atomic E-state index is -0.972. The maximum Gasteiger partial charge on any atom is 0.330 e. The number of hydrogen-bond acceptors (Lipinski definition) is 11. The van der Waals surface area contributed by atoms with Gasteiger partial charge in [0.15, 0.2) is 5.96 Å². The van der Waals surface area contributed by atoms with Crippen LogP contribution in [0.3, 0.4) is 0 Å². The Morgan fingerprint density at radius 3 is 2.09 bits per heavy atom. The molecule has 15 heteroatoms. The molecule has 0 bridgehead atoms. The molecule has 2 rings (SSSR count). The first-order valence-electron chi connectivity index (χ1n) is 10.8. The lowest BCUT2D eigenvalue weighted by Crippen LogP contribution is -2.39. The number of nitrogens with one attached hydrogen (secondary N) is 4. The zero-order valence-electron chi connectivity index (χ0n) is 19.2. The van der Waals surface area contributed by atoms with Crippen LogP contribution in [0.1, 0.15) is 39.0 Å². The van der Waals surface area contributed by atoms with Gasteiger partial charge in [0.25, 0.3) is 0 Å². The van der Waals surface area contributed by atoms with Crippen LogP contribution in [0.2, 0.25) is 0 Å². The first kappa shape index (κ1) is 31.1. The number of guanidine groups is 1. The number of rotatable bonds is 8. The number of aliphatic hydroxyl groups excluding tert-OH is 1. The highest BCUT2D eigenvalue weighted by atomic mass is 16.6. The first-order valence-corrected chi connectivity index (χ1v) is 10.8. The maximum atomic E-state index is 11.3. The van der Waals surface area contributed by atoms with Crippen molar-refractivity contribution in [3.8, 4) is 0 Å². The van der Waals surface area contributed by atoms with E-state index in [9.17, 15) is 19.2 Å². The lowest BCUT2D eigenvalue weighted by molar-refractivity contribution is -0.161.